The number of benzene rings is 2. The van der Waals surface area contributed by atoms with E-state index >= 15 is 0 Å². The number of amides is 3. The molecular weight excluding hydrogens is 1250 g/mol. The molecule has 8 heterocycles. The first-order chi connectivity index (χ1) is 44.1. The number of nitrogens with two attached hydrogens (primary N) is 1. The maximum Gasteiger partial charge on any atom is 0.410 e. The van der Waals surface area contributed by atoms with E-state index in [1.54, 1.807) is 49.8 Å². The highest BCUT2D eigenvalue weighted by molar-refractivity contribution is 6.76. The first-order valence-electron chi connectivity index (χ1n) is 32.6. The van der Waals surface area contributed by atoms with Gasteiger partial charge in [-0.15, -0.1) is 0 Å². The van der Waals surface area contributed by atoms with Crippen LogP contribution in [0, 0.1) is 11.6 Å². The summed E-state index contributed by atoms with van der Waals surface area (Å²) in [6, 6.07) is 10.9. The van der Waals surface area contributed by atoms with Gasteiger partial charge in [0.2, 0.25) is 0 Å². The average molecular weight is 1350 g/mol. The summed E-state index contributed by atoms with van der Waals surface area (Å²) in [6.45, 7) is 40.0. The van der Waals surface area contributed by atoms with Crippen molar-refractivity contribution in [2.75, 3.05) is 39.4 Å². The third kappa shape index (κ3) is 19.9. The van der Waals surface area contributed by atoms with Crippen molar-refractivity contribution in [1.82, 2.24) is 63.7 Å². The molecule has 95 heavy (non-hydrogen) atoms. The van der Waals surface area contributed by atoms with Crippen LogP contribution in [0.5, 0.6) is 0 Å². The topological polar surface area (TPSA) is 267 Å². The van der Waals surface area contributed by atoms with Crippen molar-refractivity contribution in [2.24, 2.45) is 5.73 Å². The first kappa shape index (κ1) is 73.1. The lowest BCUT2D eigenvalue weighted by atomic mass is 10.1. The molecule has 23 nitrogen and oxygen atoms in total. The molecule has 516 valence electrons. The molecule has 0 spiro atoms. The molecule has 2 aromatic carbocycles. The molecule has 0 unspecified atom stereocenters. The van der Waals surface area contributed by atoms with Crippen molar-refractivity contribution in [3.8, 4) is 22.8 Å². The lowest BCUT2D eigenvalue weighted by Crippen LogP contribution is -2.42. The van der Waals surface area contributed by atoms with Crippen LogP contribution in [-0.2, 0) is 32.4 Å². The summed E-state index contributed by atoms with van der Waals surface area (Å²) in [5, 5.41) is 24.2. The van der Waals surface area contributed by atoms with E-state index in [1.165, 1.54) is 30.5 Å². The fourth-order valence-corrected chi connectivity index (χ4v) is 12.2. The van der Waals surface area contributed by atoms with Crippen molar-refractivity contribution in [3.05, 3.63) is 83.9 Å². The Morgan fingerprint density at radius 1 is 0.600 bits per heavy atom. The molecule has 10 rings (SSSR count). The zero-order chi connectivity index (χ0) is 69.9. The Labute approximate surface area is 557 Å². The molecule has 3 amide bonds. The van der Waals surface area contributed by atoms with Gasteiger partial charge in [-0.25, -0.2) is 43.1 Å². The summed E-state index contributed by atoms with van der Waals surface area (Å²) in [7, 11) is -2.54. The Hall–Kier alpha value is -7.73. The number of rotatable bonds is 16. The van der Waals surface area contributed by atoms with Gasteiger partial charge >= 0.3 is 18.2 Å². The highest BCUT2D eigenvalue weighted by Crippen LogP contribution is 2.37. The van der Waals surface area contributed by atoms with E-state index < -0.39 is 44.7 Å². The van der Waals surface area contributed by atoms with Crippen LogP contribution >= 0.6 is 0 Å². The number of carbonyl (C=O) groups is 4. The van der Waals surface area contributed by atoms with E-state index in [1.807, 2.05) is 92.3 Å². The van der Waals surface area contributed by atoms with Crippen molar-refractivity contribution in [3.63, 3.8) is 0 Å². The Morgan fingerprint density at radius 3 is 1.32 bits per heavy atom. The zero-order valence-electron chi connectivity index (χ0n) is 58.7. The number of piperidine rings is 2. The van der Waals surface area contributed by atoms with Crippen LogP contribution in [0.1, 0.15) is 142 Å². The molecule has 8 aromatic rings. The molecule has 0 saturated carbocycles. The molecule has 2 aliphatic heterocycles. The lowest BCUT2D eigenvalue weighted by Gasteiger charge is -2.33. The van der Waals surface area contributed by atoms with Crippen LogP contribution in [0.2, 0.25) is 51.4 Å². The quantitative estimate of drug-likeness (QED) is 0.0599. The predicted molar refractivity (Wildman–Crippen MR) is 371 cm³/mol. The first-order valence-corrected chi connectivity index (χ1v) is 40.0. The number of aromatic carboxylic acids is 1. The van der Waals surface area contributed by atoms with E-state index in [0.717, 1.165) is 17.5 Å². The van der Waals surface area contributed by atoms with Gasteiger partial charge in [-0.1, -0.05) is 39.3 Å². The molecule has 4 N–H and O–H groups in total. The van der Waals surface area contributed by atoms with E-state index in [-0.39, 0.29) is 66.1 Å². The summed E-state index contributed by atoms with van der Waals surface area (Å²) < 4.78 is 59.1. The second kappa shape index (κ2) is 28.9. The van der Waals surface area contributed by atoms with Crippen LogP contribution < -0.4 is 11.1 Å². The molecule has 2 aliphatic rings. The number of hydrogen-bond donors (Lipinski definition) is 3. The molecule has 2 saturated heterocycles. The zero-order valence-corrected chi connectivity index (χ0v) is 60.7. The highest BCUT2D eigenvalue weighted by Gasteiger charge is 2.33. The number of aromatic nitrogens is 10. The Balaban J connectivity index is 0.000000228. The maximum absolute atomic E-state index is 14.6. The van der Waals surface area contributed by atoms with Crippen LogP contribution in [0.15, 0.2) is 61.2 Å². The van der Waals surface area contributed by atoms with E-state index in [0.29, 0.717) is 127 Å². The third-order valence-electron chi connectivity index (χ3n) is 15.3. The fourth-order valence-electron chi connectivity index (χ4n) is 10.7. The highest BCUT2D eigenvalue weighted by atomic mass is 28.3. The minimum atomic E-state index is -1.27. The number of carboxylic acids is 1. The van der Waals surface area contributed by atoms with E-state index in [9.17, 15) is 33.1 Å². The number of nitrogens with one attached hydrogen (secondary N) is 1. The Kier molecular flexibility index (Phi) is 22.3. The van der Waals surface area contributed by atoms with Gasteiger partial charge in [-0.3, -0.25) is 14.2 Å². The van der Waals surface area contributed by atoms with Gasteiger partial charge < -0.3 is 54.0 Å². The molecule has 0 atom stereocenters. The van der Waals surface area contributed by atoms with Crippen molar-refractivity contribution < 1.29 is 52.0 Å². The normalized spacial score (nSPS) is 14.9. The second-order valence-corrected chi connectivity index (χ2v) is 42.5. The number of fused-ring (bicyclic) bond motifs is 4. The summed E-state index contributed by atoms with van der Waals surface area (Å²) in [4.78, 5) is 73.2. The van der Waals surface area contributed by atoms with Crippen LogP contribution in [0.4, 0.5) is 18.4 Å². The van der Waals surface area contributed by atoms with Crippen molar-refractivity contribution >= 4 is 84.3 Å². The average Bonchev–Trinajstić information content (AvgIpc) is 1.62. The third-order valence-corrected chi connectivity index (χ3v) is 18.7. The van der Waals surface area contributed by atoms with Gasteiger partial charge in [-0.05, 0) is 157 Å². The minimum Gasteiger partial charge on any atom is -0.478 e. The number of nitrogens with zero attached hydrogens (tertiary/aromatic N) is 12. The molecule has 0 bridgehead atoms. The van der Waals surface area contributed by atoms with Gasteiger partial charge in [0.05, 0.1) is 41.1 Å². The number of ether oxygens (including phenoxy) is 4. The summed E-state index contributed by atoms with van der Waals surface area (Å²) in [5.41, 5.74) is 8.87. The van der Waals surface area contributed by atoms with Crippen LogP contribution in [-0.4, -0.2) is 165 Å². The standard InChI is InChI=1S/C34H48FN7O4Si.C30H39FN6O5Si.C4H11N/c1-33(2,3)38-31(43)25-20-41(21-45-16-17-47(7,8)9)30-29(25)37-26(19-36-30)28-24-11-10-22(35)18-27(24)42(39-28)23-12-14-40(15-13-23)32(44)46-34(4,5)6;1-30(2,3)42-29(40)35-11-9-20(10-12-35)37-24-15-19(31)7-8-21(24)25(34-37)23-16-32-27-26(33-23)22(28(38)39)17-36(27)18-41-13-14-43(4,5)6;1-4(2,3)5/h10-11,18-20,23H,12-17,21H2,1-9H3,(H,38,43);7-8,15-17,20H,9-14,18H2,1-6H3,(H,38,39);5H2,1-3H3. The molecule has 27 heteroatoms. The fraction of sp³-hybridized carbons (Fsp3) is 0.559. The number of likely N-dealkylation sites (tertiary alicyclic amines) is 2. The second-order valence-electron chi connectivity index (χ2n) is 31.3. The molecule has 6 aromatic heterocycles. The number of carbonyl (C=O) groups excluding carboxylic acids is 3. The lowest BCUT2D eigenvalue weighted by molar-refractivity contribution is 0.0176. The number of halogens is 2. The summed E-state index contributed by atoms with van der Waals surface area (Å²) in [5.74, 6) is -2.15. The van der Waals surface area contributed by atoms with E-state index in [4.69, 9.17) is 49.8 Å². The smallest absolute Gasteiger partial charge is 0.410 e. The van der Waals surface area contributed by atoms with Gasteiger partial charge in [0.1, 0.15) is 75.7 Å². The largest absolute Gasteiger partial charge is 0.478 e. The Bertz CT molecular complexity index is 4050. The predicted octanol–water partition coefficient (Wildman–Crippen LogP) is 13.9. The van der Waals surface area contributed by atoms with Crippen LogP contribution in [0.25, 0.3) is 66.9 Å². The van der Waals surface area contributed by atoms with Crippen molar-refractivity contribution in [2.45, 2.75) is 208 Å². The summed E-state index contributed by atoms with van der Waals surface area (Å²) in [6.07, 6.45) is 8.25. The van der Waals surface area contributed by atoms with Gasteiger partial charge in [0.25, 0.3) is 5.91 Å². The van der Waals surface area contributed by atoms with Gasteiger partial charge in [0, 0.05) is 89.8 Å². The molecule has 0 aliphatic carbocycles. The van der Waals surface area contributed by atoms with Crippen molar-refractivity contribution in [1.29, 1.82) is 0 Å². The summed E-state index contributed by atoms with van der Waals surface area (Å²) >= 11 is 0. The molecule has 2 fully saturated rings. The van der Waals surface area contributed by atoms with Gasteiger partial charge in [-0.2, -0.15) is 10.2 Å². The Morgan fingerprint density at radius 2 is 0.968 bits per heavy atom. The van der Waals surface area contributed by atoms with E-state index in [2.05, 4.69) is 49.6 Å². The van der Waals surface area contributed by atoms with Gasteiger partial charge in [0.15, 0.2) is 11.3 Å². The van der Waals surface area contributed by atoms with Crippen LogP contribution in [0.3, 0.4) is 0 Å². The minimum absolute atomic E-state index is 0. The monoisotopic (exact) mass is 1350 g/mol. The number of carboxylic acid groups (broad SMARTS) is 1. The molecular formula is C68H98F2N14O9Si2. The maximum atomic E-state index is 14.6. The SMILES string of the molecule is CC(C)(C)N.CC(C)(C)NC(=O)c1cn(COCC[Si](C)(C)C)c2ncc(-c3nn(C4CCN(C(=O)OC(C)(C)C)CC4)c4cc(F)ccc34)nc12.CC(C)(C)OC(=O)N1CCC(n2nc(-c3cnc4c(n3)c(C(=O)O)cn4COCC[Si](C)(C)C)c3ccc(F)cc32)CC1. The number of hydrogen-bond acceptors (Lipinski definition) is 15. The molecule has 0 radical (unpaired) electrons.